The zero-order chi connectivity index (χ0) is 13.3. The first kappa shape index (κ1) is 13.1. The van der Waals surface area contributed by atoms with Crippen LogP contribution in [-0.2, 0) is 16.6 Å². The second-order valence-electron chi connectivity index (χ2n) is 5.39. The van der Waals surface area contributed by atoms with Crippen LogP contribution >= 0.6 is 0 Å². The molecule has 0 radical (unpaired) electrons. The average molecular weight is 248 g/mol. The Morgan fingerprint density at radius 3 is 2.72 bits per heavy atom. The fraction of sp³-hybridized carbons (Fsp3) is 0.500. The molecule has 0 saturated heterocycles. The maximum absolute atomic E-state index is 11.7. The van der Waals surface area contributed by atoms with Gasteiger partial charge < -0.3 is 10.8 Å². The molecule has 1 aromatic carbocycles. The third kappa shape index (κ3) is 2.13. The Bertz CT molecular complexity index is 469. The Morgan fingerprint density at radius 2 is 2.11 bits per heavy atom. The second-order valence-corrected chi connectivity index (χ2v) is 5.39. The molecule has 2 rings (SSSR count). The van der Waals surface area contributed by atoms with E-state index in [1.165, 1.54) is 10.5 Å². The number of aliphatic hydroxyl groups excluding tert-OH is 1. The molecule has 18 heavy (non-hydrogen) atoms. The molecule has 0 saturated carbocycles. The third-order valence-electron chi connectivity index (χ3n) is 3.71. The van der Waals surface area contributed by atoms with Crippen LogP contribution in [-0.4, -0.2) is 24.3 Å². The van der Waals surface area contributed by atoms with Crippen LogP contribution in [0.4, 0.5) is 5.69 Å². The van der Waals surface area contributed by atoms with Crippen LogP contribution in [0.25, 0.3) is 0 Å². The van der Waals surface area contributed by atoms with Crippen LogP contribution in [0.1, 0.15) is 31.4 Å². The topological polar surface area (TPSA) is 66.6 Å². The molecule has 0 bridgehead atoms. The van der Waals surface area contributed by atoms with Crippen LogP contribution < -0.4 is 10.6 Å². The number of anilines is 1. The van der Waals surface area contributed by atoms with Gasteiger partial charge in [-0.15, -0.1) is 0 Å². The number of benzene rings is 1. The van der Waals surface area contributed by atoms with Crippen LogP contribution in [0.3, 0.4) is 0 Å². The molecule has 1 aliphatic heterocycles. The highest BCUT2D eigenvalue weighted by atomic mass is 16.3. The molecule has 1 aromatic rings. The van der Waals surface area contributed by atoms with E-state index in [-0.39, 0.29) is 18.1 Å². The zero-order valence-electron chi connectivity index (χ0n) is 10.9. The number of aryl methyl sites for hydroxylation is 1. The maximum atomic E-state index is 11.7. The lowest BCUT2D eigenvalue weighted by Crippen LogP contribution is -2.36. The predicted octanol–water partition coefficient (Wildman–Crippen LogP) is 1.15. The van der Waals surface area contributed by atoms with Crippen molar-refractivity contribution >= 4 is 11.6 Å². The fourth-order valence-electron chi connectivity index (χ4n) is 2.25. The van der Waals surface area contributed by atoms with E-state index in [1.807, 2.05) is 12.1 Å². The highest BCUT2D eigenvalue weighted by molar-refractivity contribution is 5.96. The lowest BCUT2D eigenvalue weighted by Gasteiger charge is -2.30. The van der Waals surface area contributed by atoms with Gasteiger partial charge in [-0.2, -0.15) is 0 Å². The Labute approximate surface area is 107 Å². The number of nitrogens with zero attached hydrogens (tertiary/aromatic N) is 1. The first-order valence-corrected chi connectivity index (χ1v) is 6.24. The Balaban J connectivity index is 2.42. The molecule has 4 heteroatoms. The van der Waals surface area contributed by atoms with Crippen molar-refractivity contribution in [3.05, 3.63) is 29.3 Å². The van der Waals surface area contributed by atoms with Crippen LogP contribution in [0.5, 0.6) is 0 Å². The van der Waals surface area contributed by atoms with Crippen molar-refractivity contribution < 1.29 is 9.90 Å². The van der Waals surface area contributed by atoms with Crippen molar-refractivity contribution in [2.45, 2.75) is 32.1 Å². The van der Waals surface area contributed by atoms with Crippen LogP contribution in [0.2, 0.25) is 0 Å². The Kier molecular flexibility index (Phi) is 3.41. The number of hydrogen-bond donors (Lipinski definition) is 2. The number of aliphatic hydroxyl groups is 1. The Hall–Kier alpha value is -1.39. The Morgan fingerprint density at radius 1 is 1.39 bits per heavy atom. The van der Waals surface area contributed by atoms with Gasteiger partial charge in [-0.3, -0.25) is 9.69 Å². The summed E-state index contributed by atoms with van der Waals surface area (Å²) in [6.07, 6.45) is 1.19. The molecule has 0 aromatic heterocycles. The summed E-state index contributed by atoms with van der Waals surface area (Å²) < 4.78 is 0. The van der Waals surface area contributed by atoms with Crippen molar-refractivity contribution in [1.29, 1.82) is 0 Å². The van der Waals surface area contributed by atoms with E-state index in [9.17, 15) is 9.90 Å². The summed E-state index contributed by atoms with van der Waals surface area (Å²) in [7, 11) is 0. The molecule has 1 heterocycles. The zero-order valence-corrected chi connectivity index (χ0v) is 10.9. The van der Waals surface area contributed by atoms with Gasteiger partial charge >= 0.3 is 0 Å². The molecule has 3 N–H and O–H groups in total. The van der Waals surface area contributed by atoms with E-state index in [0.717, 1.165) is 17.7 Å². The van der Waals surface area contributed by atoms with Gasteiger partial charge in [-0.25, -0.2) is 0 Å². The van der Waals surface area contributed by atoms with E-state index in [0.29, 0.717) is 13.0 Å². The second kappa shape index (κ2) is 4.71. The number of rotatable bonds is 3. The van der Waals surface area contributed by atoms with Crippen LogP contribution in [0.15, 0.2) is 18.2 Å². The maximum Gasteiger partial charge on any atom is 0.229 e. The number of fused-ring (bicyclic) bond motifs is 1. The van der Waals surface area contributed by atoms with Gasteiger partial charge in [-0.05, 0) is 23.6 Å². The fourth-order valence-corrected chi connectivity index (χ4v) is 2.25. The first-order chi connectivity index (χ1) is 8.49. The number of amides is 1. The molecule has 0 aliphatic carbocycles. The minimum absolute atomic E-state index is 0.0177. The van der Waals surface area contributed by atoms with Crippen molar-refractivity contribution in [3.63, 3.8) is 0 Å². The summed E-state index contributed by atoms with van der Waals surface area (Å²) in [5.74, 6) is -0.0177. The number of nitrogens with two attached hydrogens (primary N) is 1. The molecule has 0 unspecified atom stereocenters. The summed E-state index contributed by atoms with van der Waals surface area (Å²) in [6.45, 7) is 4.53. The molecular weight excluding hydrogens is 228 g/mol. The molecule has 0 atom stereocenters. The van der Waals surface area contributed by atoms with E-state index in [4.69, 9.17) is 5.73 Å². The minimum atomic E-state index is -0.258. The van der Waals surface area contributed by atoms with Crippen molar-refractivity contribution in [2.24, 2.45) is 5.73 Å². The summed E-state index contributed by atoms with van der Waals surface area (Å²) in [5, 5.41) is 9.27. The first-order valence-electron chi connectivity index (χ1n) is 6.24. The van der Waals surface area contributed by atoms with Gasteiger partial charge in [0.2, 0.25) is 5.91 Å². The van der Waals surface area contributed by atoms with E-state index in [1.54, 1.807) is 0 Å². The third-order valence-corrected chi connectivity index (χ3v) is 3.71. The normalized spacial score (nSPS) is 15.8. The molecule has 1 amide bonds. The highest BCUT2D eigenvalue weighted by Crippen LogP contribution is 2.32. The van der Waals surface area contributed by atoms with Gasteiger partial charge in [0, 0.05) is 24.1 Å². The smallest absolute Gasteiger partial charge is 0.229 e. The largest absolute Gasteiger partial charge is 0.376 e. The van der Waals surface area contributed by atoms with Gasteiger partial charge in [-0.1, -0.05) is 26.0 Å². The quantitative estimate of drug-likeness (QED) is 0.843. The number of hydrogen-bond acceptors (Lipinski definition) is 3. The van der Waals surface area contributed by atoms with Gasteiger partial charge in [0.25, 0.3) is 0 Å². The van der Waals surface area contributed by atoms with Crippen molar-refractivity contribution in [1.82, 2.24) is 0 Å². The van der Waals surface area contributed by atoms with E-state index >= 15 is 0 Å². The predicted molar refractivity (Wildman–Crippen MR) is 71.4 cm³/mol. The lowest BCUT2D eigenvalue weighted by molar-refractivity contribution is -0.119. The summed E-state index contributed by atoms with van der Waals surface area (Å²) in [5.41, 5.74) is 8.83. The minimum Gasteiger partial charge on any atom is -0.376 e. The molecule has 1 aliphatic rings. The SMILES string of the molecule is CC(C)(CN)c1ccc2c(c1)CCC(=O)N2CO. The highest BCUT2D eigenvalue weighted by Gasteiger charge is 2.26. The number of carbonyl (C=O) groups is 1. The molecule has 0 spiro atoms. The van der Waals surface area contributed by atoms with Crippen LogP contribution in [0, 0.1) is 0 Å². The monoisotopic (exact) mass is 248 g/mol. The van der Waals surface area contributed by atoms with E-state index < -0.39 is 0 Å². The molecular formula is C14H20N2O2. The van der Waals surface area contributed by atoms with Gasteiger partial charge in [0.15, 0.2) is 0 Å². The number of carbonyl (C=O) groups excluding carboxylic acids is 1. The average Bonchev–Trinajstić information content (AvgIpc) is 2.38. The summed E-state index contributed by atoms with van der Waals surface area (Å²) in [4.78, 5) is 13.1. The van der Waals surface area contributed by atoms with Crippen molar-refractivity contribution in [2.75, 3.05) is 18.2 Å². The van der Waals surface area contributed by atoms with E-state index in [2.05, 4.69) is 19.9 Å². The molecule has 98 valence electrons. The summed E-state index contributed by atoms with van der Waals surface area (Å²) >= 11 is 0. The lowest BCUT2D eigenvalue weighted by atomic mass is 9.83. The van der Waals surface area contributed by atoms with Gasteiger partial charge in [0.05, 0.1) is 0 Å². The standard InChI is InChI=1S/C14H20N2O2/c1-14(2,8-15)11-4-5-12-10(7-11)3-6-13(18)16(12)9-17/h4-5,7,17H,3,6,8-9,15H2,1-2H3. The van der Waals surface area contributed by atoms with Crippen molar-refractivity contribution in [3.8, 4) is 0 Å². The van der Waals surface area contributed by atoms with Gasteiger partial charge in [0.1, 0.15) is 6.73 Å². The molecule has 4 nitrogen and oxygen atoms in total. The summed E-state index contributed by atoms with van der Waals surface area (Å²) in [6, 6.07) is 6.01. The molecule has 0 fully saturated rings.